The molecule has 104 valence electrons. The number of nitrogens with zero attached hydrogens (tertiary/aromatic N) is 1. The quantitative estimate of drug-likeness (QED) is 0.714. The van der Waals surface area contributed by atoms with E-state index in [1.54, 1.807) is 6.92 Å². The van der Waals surface area contributed by atoms with Crippen LogP contribution >= 0.6 is 0 Å². The maximum absolute atomic E-state index is 11.7. The van der Waals surface area contributed by atoms with Gasteiger partial charge in [-0.3, -0.25) is 4.79 Å². The van der Waals surface area contributed by atoms with Crippen LogP contribution in [-0.2, 0) is 14.6 Å². The predicted octanol–water partition coefficient (Wildman–Crippen LogP) is -0.607. The summed E-state index contributed by atoms with van der Waals surface area (Å²) in [5, 5.41) is 11.4. The van der Waals surface area contributed by atoms with Crippen molar-refractivity contribution in [3.8, 4) is 0 Å². The number of aliphatic carboxylic acids is 1. The number of hydrogen-bond acceptors (Lipinski definition) is 4. The second-order valence-electron chi connectivity index (χ2n) is 4.69. The summed E-state index contributed by atoms with van der Waals surface area (Å²) >= 11 is 0. The van der Waals surface area contributed by atoms with Gasteiger partial charge in [0, 0.05) is 25.9 Å². The molecule has 1 rings (SSSR count). The molecule has 0 unspecified atom stereocenters. The van der Waals surface area contributed by atoms with Crippen LogP contribution < -0.4 is 5.32 Å². The van der Waals surface area contributed by atoms with E-state index < -0.39 is 27.8 Å². The van der Waals surface area contributed by atoms with E-state index in [2.05, 4.69) is 5.32 Å². The summed E-state index contributed by atoms with van der Waals surface area (Å²) in [6, 6.07) is -0.408. The fourth-order valence-electron chi connectivity index (χ4n) is 1.91. The van der Waals surface area contributed by atoms with Crippen LogP contribution in [0.5, 0.6) is 0 Å². The van der Waals surface area contributed by atoms with Gasteiger partial charge in [0.2, 0.25) is 0 Å². The lowest BCUT2D eigenvalue weighted by molar-refractivity contribution is -0.142. The van der Waals surface area contributed by atoms with Gasteiger partial charge in [-0.2, -0.15) is 0 Å². The van der Waals surface area contributed by atoms with Gasteiger partial charge in [-0.1, -0.05) is 6.92 Å². The van der Waals surface area contributed by atoms with Gasteiger partial charge < -0.3 is 15.3 Å². The number of hydrogen-bond donors (Lipinski definition) is 2. The fraction of sp³-hybridized carbons (Fsp3) is 0.800. The number of sulfone groups is 1. The van der Waals surface area contributed by atoms with Crippen LogP contribution in [0.1, 0.15) is 6.92 Å². The molecular formula is C10H18N2O5S. The zero-order chi connectivity index (χ0) is 13.9. The number of urea groups is 1. The Morgan fingerprint density at radius 2 is 2.00 bits per heavy atom. The predicted molar refractivity (Wildman–Crippen MR) is 65.0 cm³/mol. The second-order valence-corrected chi connectivity index (χ2v) is 6.95. The molecule has 0 bridgehead atoms. The van der Waals surface area contributed by atoms with Crippen LogP contribution in [0.3, 0.4) is 0 Å². The minimum absolute atomic E-state index is 0.0420. The highest BCUT2D eigenvalue weighted by Crippen LogP contribution is 2.22. The van der Waals surface area contributed by atoms with Crippen molar-refractivity contribution in [2.24, 2.45) is 11.8 Å². The number of likely N-dealkylation sites (tertiary alicyclic amines) is 1. The third-order valence-corrected chi connectivity index (χ3v) is 3.91. The van der Waals surface area contributed by atoms with Crippen LogP contribution in [0.4, 0.5) is 4.79 Å². The maximum Gasteiger partial charge on any atom is 0.317 e. The molecule has 8 heteroatoms. The Bertz CT molecular complexity index is 434. The molecule has 1 saturated heterocycles. The molecule has 1 fully saturated rings. The second kappa shape index (κ2) is 5.55. The van der Waals surface area contributed by atoms with Gasteiger partial charge in [0.15, 0.2) is 0 Å². The molecule has 0 aromatic heterocycles. The summed E-state index contributed by atoms with van der Waals surface area (Å²) in [5.41, 5.74) is 0. The molecule has 2 N–H and O–H groups in total. The van der Waals surface area contributed by atoms with Crippen LogP contribution in [-0.4, -0.2) is 62.1 Å². The average molecular weight is 278 g/mol. The van der Waals surface area contributed by atoms with Gasteiger partial charge in [0.05, 0.1) is 11.7 Å². The first-order valence-electron chi connectivity index (χ1n) is 5.64. The fourth-order valence-corrected chi connectivity index (χ4v) is 2.38. The van der Waals surface area contributed by atoms with Gasteiger partial charge >= 0.3 is 12.0 Å². The number of carbonyl (C=O) groups is 2. The zero-order valence-corrected chi connectivity index (χ0v) is 11.2. The van der Waals surface area contributed by atoms with Crippen molar-refractivity contribution in [1.29, 1.82) is 0 Å². The lowest BCUT2D eigenvalue weighted by atomic mass is 9.99. The largest absolute Gasteiger partial charge is 0.481 e. The van der Waals surface area contributed by atoms with Gasteiger partial charge in [-0.15, -0.1) is 0 Å². The van der Waals surface area contributed by atoms with E-state index in [0.29, 0.717) is 6.54 Å². The van der Waals surface area contributed by atoms with Crippen molar-refractivity contribution < 1.29 is 23.1 Å². The molecule has 0 aromatic carbocycles. The highest BCUT2D eigenvalue weighted by molar-refractivity contribution is 7.90. The zero-order valence-electron chi connectivity index (χ0n) is 10.4. The summed E-state index contributed by atoms with van der Waals surface area (Å²) in [4.78, 5) is 24.0. The Labute approximate surface area is 106 Å². The minimum Gasteiger partial charge on any atom is -0.481 e. The molecule has 1 heterocycles. The normalized spacial score (nSPS) is 24.0. The van der Waals surface area contributed by atoms with Crippen molar-refractivity contribution in [1.82, 2.24) is 10.2 Å². The van der Waals surface area contributed by atoms with Crippen molar-refractivity contribution in [2.45, 2.75) is 6.92 Å². The molecule has 1 aliphatic heterocycles. The Morgan fingerprint density at radius 3 is 2.44 bits per heavy atom. The van der Waals surface area contributed by atoms with Gasteiger partial charge in [0.25, 0.3) is 0 Å². The van der Waals surface area contributed by atoms with Crippen LogP contribution in [0.15, 0.2) is 0 Å². The summed E-state index contributed by atoms with van der Waals surface area (Å²) in [7, 11) is -3.11. The number of rotatable bonds is 4. The van der Waals surface area contributed by atoms with E-state index in [9.17, 15) is 18.0 Å². The van der Waals surface area contributed by atoms with Crippen LogP contribution in [0.2, 0.25) is 0 Å². The molecule has 1 aliphatic rings. The smallest absolute Gasteiger partial charge is 0.317 e. The molecule has 2 atom stereocenters. The van der Waals surface area contributed by atoms with E-state index >= 15 is 0 Å². The molecule has 7 nitrogen and oxygen atoms in total. The maximum atomic E-state index is 11.7. The number of carbonyl (C=O) groups excluding carboxylic acids is 1. The lowest BCUT2D eigenvalue weighted by Gasteiger charge is -2.16. The van der Waals surface area contributed by atoms with E-state index in [1.165, 1.54) is 4.90 Å². The highest BCUT2D eigenvalue weighted by Gasteiger charge is 2.36. The Balaban J connectivity index is 2.43. The lowest BCUT2D eigenvalue weighted by Crippen LogP contribution is -2.40. The molecule has 0 saturated carbocycles. The van der Waals surface area contributed by atoms with E-state index in [1.807, 2.05) is 0 Å². The first kappa shape index (κ1) is 14.7. The van der Waals surface area contributed by atoms with Gasteiger partial charge in [0.1, 0.15) is 9.84 Å². The third kappa shape index (κ3) is 4.17. The topological polar surface area (TPSA) is 104 Å². The molecule has 0 radical (unpaired) electrons. The SMILES string of the molecule is C[C@@H]1CN(C(=O)NCCS(C)(=O)=O)C[C@H]1C(=O)O. The Hall–Kier alpha value is -1.31. The Morgan fingerprint density at radius 1 is 1.39 bits per heavy atom. The van der Waals surface area contributed by atoms with Crippen molar-refractivity contribution in [3.63, 3.8) is 0 Å². The molecule has 2 amide bonds. The number of carboxylic acid groups (broad SMARTS) is 1. The van der Waals surface area contributed by atoms with Crippen molar-refractivity contribution in [3.05, 3.63) is 0 Å². The first-order chi connectivity index (χ1) is 8.20. The Kier molecular flexibility index (Phi) is 4.55. The highest BCUT2D eigenvalue weighted by atomic mass is 32.2. The van der Waals surface area contributed by atoms with E-state index in [4.69, 9.17) is 5.11 Å². The number of carboxylic acids is 1. The van der Waals surface area contributed by atoms with Crippen LogP contribution in [0.25, 0.3) is 0 Å². The standard InChI is InChI=1S/C10H18N2O5S/c1-7-5-12(6-8(7)9(13)14)10(15)11-3-4-18(2,16)17/h7-8H,3-6H2,1-2H3,(H,11,15)(H,13,14)/t7-,8-/m1/s1. The first-order valence-corrected chi connectivity index (χ1v) is 7.70. The molecule has 0 spiro atoms. The summed E-state index contributed by atoms with van der Waals surface area (Å²) in [6.45, 7) is 2.37. The van der Waals surface area contributed by atoms with Gasteiger partial charge in [-0.05, 0) is 5.92 Å². The van der Waals surface area contributed by atoms with E-state index in [0.717, 1.165) is 6.26 Å². The summed E-state index contributed by atoms with van der Waals surface area (Å²) < 4.78 is 21.8. The minimum atomic E-state index is -3.11. The molecular weight excluding hydrogens is 260 g/mol. The van der Waals surface area contributed by atoms with Crippen molar-refractivity contribution >= 4 is 21.8 Å². The molecule has 0 aliphatic carbocycles. The van der Waals surface area contributed by atoms with E-state index in [-0.39, 0.29) is 24.8 Å². The van der Waals surface area contributed by atoms with Gasteiger partial charge in [-0.25, -0.2) is 13.2 Å². The third-order valence-electron chi connectivity index (χ3n) is 2.97. The number of nitrogens with one attached hydrogen (secondary N) is 1. The van der Waals surface area contributed by atoms with Crippen LogP contribution in [0, 0.1) is 11.8 Å². The molecule has 18 heavy (non-hydrogen) atoms. The average Bonchev–Trinajstić information content (AvgIpc) is 2.58. The monoisotopic (exact) mass is 278 g/mol. The number of amides is 2. The summed E-state index contributed by atoms with van der Waals surface area (Å²) in [6.07, 6.45) is 1.09. The summed E-state index contributed by atoms with van der Waals surface area (Å²) in [5.74, 6) is -1.67. The van der Waals surface area contributed by atoms with Crippen molar-refractivity contribution in [2.75, 3.05) is 31.6 Å². The molecule has 0 aromatic rings.